The first-order chi connectivity index (χ1) is 9.72. The van der Waals surface area contributed by atoms with Gasteiger partial charge in [0.05, 0.1) is 5.69 Å². The first-order valence-electron chi connectivity index (χ1n) is 5.75. The molecule has 0 aliphatic carbocycles. The number of hydrogen-bond donors (Lipinski definition) is 1. The summed E-state index contributed by atoms with van der Waals surface area (Å²) in [4.78, 5) is 15.9. The lowest BCUT2D eigenvalue weighted by Crippen LogP contribution is -2.12. The van der Waals surface area contributed by atoms with Crippen LogP contribution in [0.15, 0.2) is 48.1 Å². The molecule has 20 heavy (non-hydrogen) atoms. The fourth-order valence-corrected chi connectivity index (χ4v) is 2.15. The van der Waals surface area contributed by atoms with Gasteiger partial charge in [-0.15, -0.1) is 11.3 Å². The SMILES string of the molecule is O=C(Nc1nccs1)c1ccn(-c2ccc(F)cc2)n1. The Hall–Kier alpha value is -2.54. The van der Waals surface area contributed by atoms with Crippen molar-refractivity contribution in [2.45, 2.75) is 0 Å². The highest BCUT2D eigenvalue weighted by Crippen LogP contribution is 2.13. The number of halogens is 1. The second-order valence-electron chi connectivity index (χ2n) is 3.91. The van der Waals surface area contributed by atoms with Gasteiger partial charge in [-0.05, 0) is 30.3 Å². The molecule has 0 saturated heterocycles. The molecule has 0 atom stereocenters. The molecule has 0 aliphatic rings. The lowest BCUT2D eigenvalue weighted by atomic mass is 10.3. The van der Waals surface area contributed by atoms with Gasteiger partial charge in [0.1, 0.15) is 5.82 Å². The Balaban J connectivity index is 1.79. The van der Waals surface area contributed by atoms with Gasteiger partial charge < -0.3 is 0 Å². The van der Waals surface area contributed by atoms with E-state index in [4.69, 9.17) is 0 Å². The molecule has 0 aliphatic heterocycles. The number of carbonyl (C=O) groups excluding carboxylic acids is 1. The molecule has 0 saturated carbocycles. The van der Waals surface area contributed by atoms with Crippen molar-refractivity contribution in [2.75, 3.05) is 5.32 Å². The van der Waals surface area contributed by atoms with E-state index in [0.29, 0.717) is 10.8 Å². The second-order valence-corrected chi connectivity index (χ2v) is 4.81. The minimum Gasteiger partial charge on any atom is -0.296 e. The molecule has 0 unspecified atom stereocenters. The number of nitrogens with one attached hydrogen (secondary N) is 1. The summed E-state index contributed by atoms with van der Waals surface area (Å²) in [6, 6.07) is 7.45. The molecule has 0 spiro atoms. The largest absolute Gasteiger partial charge is 0.296 e. The Labute approximate surface area is 117 Å². The van der Waals surface area contributed by atoms with Gasteiger partial charge >= 0.3 is 0 Å². The quantitative estimate of drug-likeness (QED) is 0.806. The van der Waals surface area contributed by atoms with E-state index < -0.39 is 0 Å². The summed E-state index contributed by atoms with van der Waals surface area (Å²) >= 11 is 1.33. The number of nitrogens with zero attached hydrogens (tertiary/aromatic N) is 3. The highest BCUT2D eigenvalue weighted by molar-refractivity contribution is 7.13. The van der Waals surface area contributed by atoms with Gasteiger partial charge in [0.2, 0.25) is 0 Å². The molecule has 3 aromatic rings. The highest BCUT2D eigenvalue weighted by atomic mass is 32.1. The number of anilines is 1. The van der Waals surface area contributed by atoms with Gasteiger partial charge in [-0.25, -0.2) is 14.1 Å². The van der Waals surface area contributed by atoms with Crippen LogP contribution in [0.4, 0.5) is 9.52 Å². The summed E-state index contributed by atoms with van der Waals surface area (Å²) in [6.07, 6.45) is 3.25. The maximum Gasteiger partial charge on any atom is 0.277 e. The Kier molecular flexibility index (Phi) is 3.26. The number of aromatic nitrogens is 3. The number of rotatable bonds is 3. The molecular weight excluding hydrogens is 279 g/mol. The first-order valence-corrected chi connectivity index (χ1v) is 6.63. The first kappa shape index (κ1) is 12.5. The van der Waals surface area contributed by atoms with Crippen LogP contribution in [0.3, 0.4) is 0 Å². The van der Waals surface area contributed by atoms with Gasteiger partial charge in [0.25, 0.3) is 5.91 Å². The lowest BCUT2D eigenvalue weighted by Gasteiger charge is -2.00. The van der Waals surface area contributed by atoms with E-state index in [-0.39, 0.29) is 17.4 Å². The normalized spacial score (nSPS) is 10.4. The predicted molar refractivity (Wildman–Crippen MR) is 73.6 cm³/mol. The van der Waals surface area contributed by atoms with Crippen LogP contribution in [-0.4, -0.2) is 20.7 Å². The Morgan fingerprint density at radius 1 is 1.25 bits per heavy atom. The summed E-state index contributed by atoms with van der Waals surface area (Å²) in [5.41, 5.74) is 0.948. The monoisotopic (exact) mass is 288 g/mol. The van der Waals surface area contributed by atoms with Crippen molar-refractivity contribution in [2.24, 2.45) is 0 Å². The van der Waals surface area contributed by atoms with Crippen LogP contribution in [0.1, 0.15) is 10.5 Å². The van der Waals surface area contributed by atoms with Crippen molar-refractivity contribution >= 4 is 22.4 Å². The van der Waals surface area contributed by atoms with Gasteiger partial charge in [0.15, 0.2) is 10.8 Å². The molecule has 7 heteroatoms. The molecule has 2 aromatic heterocycles. The second kappa shape index (κ2) is 5.22. The number of carbonyl (C=O) groups is 1. The van der Waals surface area contributed by atoms with E-state index in [9.17, 15) is 9.18 Å². The topological polar surface area (TPSA) is 59.8 Å². The van der Waals surface area contributed by atoms with Crippen LogP contribution in [0.25, 0.3) is 5.69 Å². The van der Waals surface area contributed by atoms with E-state index in [1.54, 1.807) is 36.0 Å². The third-order valence-corrected chi connectivity index (χ3v) is 3.25. The van der Waals surface area contributed by atoms with Crippen LogP contribution in [-0.2, 0) is 0 Å². The van der Waals surface area contributed by atoms with Gasteiger partial charge in [-0.2, -0.15) is 5.10 Å². The van der Waals surface area contributed by atoms with Crippen LogP contribution < -0.4 is 5.32 Å². The zero-order valence-corrected chi connectivity index (χ0v) is 11.0. The minimum absolute atomic E-state index is 0.268. The molecule has 100 valence electrons. The lowest BCUT2D eigenvalue weighted by molar-refractivity contribution is 0.102. The molecule has 3 rings (SSSR count). The fraction of sp³-hybridized carbons (Fsp3) is 0. The molecule has 0 fully saturated rings. The van der Waals surface area contributed by atoms with Crippen molar-refractivity contribution in [1.29, 1.82) is 0 Å². The van der Waals surface area contributed by atoms with E-state index in [1.807, 2.05) is 0 Å². The predicted octanol–water partition coefficient (Wildman–Crippen LogP) is 2.72. The number of hydrogen-bond acceptors (Lipinski definition) is 4. The van der Waals surface area contributed by atoms with Crippen LogP contribution >= 0.6 is 11.3 Å². The Morgan fingerprint density at radius 2 is 2.05 bits per heavy atom. The maximum absolute atomic E-state index is 12.8. The van der Waals surface area contributed by atoms with Gasteiger partial charge in [0, 0.05) is 17.8 Å². The molecular formula is C13H9FN4OS. The number of thiazole rings is 1. The van der Waals surface area contributed by atoms with Crippen molar-refractivity contribution in [3.05, 3.63) is 59.6 Å². The molecule has 1 N–H and O–H groups in total. The van der Waals surface area contributed by atoms with E-state index in [2.05, 4.69) is 15.4 Å². The van der Waals surface area contributed by atoms with Crippen molar-refractivity contribution in [1.82, 2.24) is 14.8 Å². The fourth-order valence-electron chi connectivity index (χ4n) is 1.63. The molecule has 5 nitrogen and oxygen atoms in total. The van der Waals surface area contributed by atoms with Crippen LogP contribution in [0.5, 0.6) is 0 Å². The summed E-state index contributed by atoms with van der Waals surface area (Å²) in [5.74, 6) is -0.650. The van der Waals surface area contributed by atoms with Crippen LogP contribution in [0, 0.1) is 5.82 Å². The molecule has 0 radical (unpaired) electrons. The molecule has 2 heterocycles. The zero-order chi connectivity index (χ0) is 13.9. The summed E-state index contributed by atoms with van der Waals surface area (Å²) in [5, 5.41) is 9.08. The summed E-state index contributed by atoms with van der Waals surface area (Å²) in [6.45, 7) is 0. The third kappa shape index (κ3) is 2.57. The smallest absolute Gasteiger partial charge is 0.277 e. The zero-order valence-electron chi connectivity index (χ0n) is 10.2. The van der Waals surface area contributed by atoms with Crippen LogP contribution in [0.2, 0.25) is 0 Å². The molecule has 1 amide bonds. The standard InChI is InChI=1S/C13H9FN4OS/c14-9-1-3-10(4-2-9)18-7-5-11(17-18)12(19)16-13-15-6-8-20-13/h1-8H,(H,15,16,19). The Bertz CT molecular complexity index is 721. The van der Waals surface area contributed by atoms with Gasteiger partial charge in [-0.1, -0.05) is 0 Å². The van der Waals surface area contributed by atoms with Crippen molar-refractivity contribution in [3.63, 3.8) is 0 Å². The maximum atomic E-state index is 12.8. The van der Waals surface area contributed by atoms with Crippen molar-refractivity contribution in [3.8, 4) is 5.69 Å². The average molecular weight is 288 g/mol. The third-order valence-electron chi connectivity index (χ3n) is 2.57. The van der Waals surface area contributed by atoms with E-state index in [1.165, 1.54) is 28.2 Å². The number of benzene rings is 1. The average Bonchev–Trinajstić information content (AvgIpc) is 3.10. The highest BCUT2D eigenvalue weighted by Gasteiger charge is 2.11. The van der Waals surface area contributed by atoms with E-state index in [0.717, 1.165) is 0 Å². The Morgan fingerprint density at radius 3 is 2.75 bits per heavy atom. The summed E-state index contributed by atoms with van der Waals surface area (Å²) < 4.78 is 14.4. The van der Waals surface area contributed by atoms with E-state index >= 15 is 0 Å². The summed E-state index contributed by atoms with van der Waals surface area (Å²) in [7, 11) is 0. The molecule has 0 bridgehead atoms. The van der Waals surface area contributed by atoms with Gasteiger partial charge in [-0.3, -0.25) is 10.1 Å². The molecule has 1 aromatic carbocycles. The minimum atomic E-state index is -0.333. The van der Waals surface area contributed by atoms with Crippen molar-refractivity contribution < 1.29 is 9.18 Å². The number of amides is 1.